The highest BCUT2D eigenvalue weighted by Crippen LogP contribution is 2.10. The summed E-state index contributed by atoms with van der Waals surface area (Å²) in [6.07, 6.45) is 1.70. The van der Waals surface area contributed by atoms with Gasteiger partial charge in [-0.3, -0.25) is 10.3 Å². The first-order valence-corrected chi connectivity index (χ1v) is 5.89. The molecule has 90 valence electrons. The lowest BCUT2D eigenvalue weighted by Crippen LogP contribution is -2.20. The molecule has 1 unspecified atom stereocenters. The van der Waals surface area contributed by atoms with E-state index >= 15 is 0 Å². The number of pyridine rings is 1. The number of rotatable bonds is 4. The van der Waals surface area contributed by atoms with E-state index in [9.17, 15) is 0 Å². The van der Waals surface area contributed by atoms with Crippen molar-refractivity contribution in [3.05, 3.63) is 65.5 Å². The zero-order chi connectivity index (χ0) is 12.8. The minimum absolute atomic E-state index is 0.369. The maximum atomic E-state index is 9.16. The molecule has 0 aliphatic rings. The van der Waals surface area contributed by atoms with Crippen LogP contribution in [0.25, 0.3) is 0 Å². The maximum absolute atomic E-state index is 9.16. The van der Waals surface area contributed by atoms with Crippen LogP contribution in [0.5, 0.6) is 0 Å². The van der Waals surface area contributed by atoms with Crippen LogP contribution in [0, 0.1) is 18.3 Å². The minimum Gasteiger partial charge on any atom is -0.293 e. The molecule has 0 saturated heterocycles. The first-order valence-electron chi connectivity index (χ1n) is 5.89. The molecule has 2 aromatic rings. The summed E-state index contributed by atoms with van der Waals surface area (Å²) in [7, 11) is 0. The fourth-order valence-corrected chi connectivity index (χ4v) is 1.81. The van der Waals surface area contributed by atoms with Crippen LogP contribution < -0.4 is 5.32 Å². The number of hydrogen-bond donors (Lipinski definition) is 1. The second kappa shape index (κ2) is 5.95. The third-order valence-electron chi connectivity index (χ3n) is 2.71. The van der Waals surface area contributed by atoms with Crippen molar-refractivity contribution in [1.82, 2.24) is 10.3 Å². The molecule has 0 saturated carbocycles. The SMILES string of the molecule is Cc1cccc(CNC(C#N)c2ccccn2)c1. The molecular weight excluding hydrogens is 222 g/mol. The van der Waals surface area contributed by atoms with Gasteiger partial charge in [-0.05, 0) is 24.6 Å². The average Bonchev–Trinajstić information content (AvgIpc) is 2.41. The fourth-order valence-electron chi connectivity index (χ4n) is 1.81. The highest BCUT2D eigenvalue weighted by Gasteiger charge is 2.10. The summed E-state index contributed by atoms with van der Waals surface area (Å²) in [5, 5.41) is 12.4. The molecule has 0 amide bonds. The van der Waals surface area contributed by atoms with Crippen molar-refractivity contribution < 1.29 is 0 Å². The van der Waals surface area contributed by atoms with Crippen LogP contribution in [-0.4, -0.2) is 4.98 Å². The first-order chi connectivity index (χ1) is 8.79. The molecule has 18 heavy (non-hydrogen) atoms. The van der Waals surface area contributed by atoms with Gasteiger partial charge in [-0.1, -0.05) is 35.9 Å². The van der Waals surface area contributed by atoms with E-state index in [0.29, 0.717) is 6.54 Å². The van der Waals surface area contributed by atoms with E-state index < -0.39 is 0 Å². The van der Waals surface area contributed by atoms with Crippen molar-refractivity contribution in [1.29, 1.82) is 5.26 Å². The Hall–Kier alpha value is -2.18. The van der Waals surface area contributed by atoms with Crippen molar-refractivity contribution in [3.63, 3.8) is 0 Å². The molecule has 0 aliphatic heterocycles. The Morgan fingerprint density at radius 1 is 1.28 bits per heavy atom. The van der Waals surface area contributed by atoms with Crippen LogP contribution in [-0.2, 0) is 6.54 Å². The van der Waals surface area contributed by atoms with Gasteiger partial charge in [-0.25, -0.2) is 0 Å². The topological polar surface area (TPSA) is 48.7 Å². The highest BCUT2D eigenvalue weighted by molar-refractivity contribution is 5.23. The van der Waals surface area contributed by atoms with Crippen molar-refractivity contribution >= 4 is 0 Å². The van der Waals surface area contributed by atoms with Gasteiger partial charge in [0.2, 0.25) is 0 Å². The van der Waals surface area contributed by atoms with E-state index in [2.05, 4.69) is 35.4 Å². The average molecular weight is 237 g/mol. The molecular formula is C15H15N3. The molecule has 3 nitrogen and oxygen atoms in total. The fraction of sp³-hybridized carbons (Fsp3) is 0.200. The van der Waals surface area contributed by atoms with Gasteiger partial charge in [0.25, 0.3) is 0 Å². The van der Waals surface area contributed by atoms with Gasteiger partial charge in [-0.2, -0.15) is 5.26 Å². The second-order valence-electron chi connectivity index (χ2n) is 4.19. The summed E-state index contributed by atoms with van der Waals surface area (Å²) in [5.41, 5.74) is 3.15. The van der Waals surface area contributed by atoms with Crippen LogP contribution >= 0.6 is 0 Å². The number of aryl methyl sites for hydroxylation is 1. The molecule has 0 radical (unpaired) electrons. The lowest BCUT2D eigenvalue weighted by Gasteiger charge is -2.11. The van der Waals surface area contributed by atoms with E-state index in [0.717, 1.165) is 5.69 Å². The van der Waals surface area contributed by atoms with Crippen LogP contribution in [0.3, 0.4) is 0 Å². The molecule has 1 N–H and O–H groups in total. The summed E-state index contributed by atoms with van der Waals surface area (Å²) in [6, 6.07) is 15.7. The zero-order valence-electron chi connectivity index (χ0n) is 10.3. The third kappa shape index (κ3) is 3.16. The van der Waals surface area contributed by atoms with Crippen LogP contribution in [0.2, 0.25) is 0 Å². The Balaban J connectivity index is 2.03. The van der Waals surface area contributed by atoms with E-state index in [1.807, 2.05) is 30.3 Å². The lowest BCUT2D eigenvalue weighted by atomic mass is 10.1. The van der Waals surface area contributed by atoms with E-state index in [-0.39, 0.29) is 6.04 Å². The standard InChI is InChI=1S/C15H15N3/c1-12-5-4-6-13(9-12)11-18-15(10-16)14-7-2-3-8-17-14/h2-9,15,18H,11H2,1H3. The highest BCUT2D eigenvalue weighted by atomic mass is 14.9. The summed E-state index contributed by atoms with van der Waals surface area (Å²) in [4.78, 5) is 4.19. The number of benzene rings is 1. The maximum Gasteiger partial charge on any atom is 0.138 e. The monoisotopic (exact) mass is 237 g/mol. The van der Waals surface area contributed by atoms with Gasteiger partial charge < -0.3 is 0 Å². The second-order valence-corrected chi connectivity index (χ2v) is 4.19. The van der Waals surface area contributed by atoms with Crippen molar-refractivity contribution in [2.24, 2.45) is 0 Å². The number of nitrogens with one attached hydrogen (secondary N) is 1. The largest absolute Gasteiger partial charge is 0.293 e. The Labute approximate surface area is 107 Å². The predicted molar refractivity (Wildman–Crippen MR) is 70.6 cm³/mol. The van der Waals surface area contributed by atoms with E-state index in [4.69, 9.17) is 5.26 Å². The number of nitrogens with zero attached hydrogens (tertiary/aromatic N) is 2. The number of nitriles is 1. The smallest absolute Gasteiger partial charge is 0.138 e. The normalized spacial score (nSPS) is 11.8. The molecule has 1 aromatic carbocycles. The first kappa shape index (κ1) is 12.3. The Kier molecular flexibility index (Phi) is 4.06. The van der Waals surface area contributed by atoms with Gasteiger partial charge in [0.05, 0.1) is 11.8 Å². The van der Waals surface area contributed by atoms with Gasteiger partial charge >= 0.3 is 0 Å². The van der Waals surface area contributed by atoms with Gasteiger partial charge in [0.1, 0.15) is 6.04 Å². The van der Waals surface area contributed by atoms with E-state index in [1.54, 1.807) is 6.20 Å². The summed E-state index contributed by atoms with van der Waals surface area (Å²) >= 11 is 0. The van der Waals surface area contributed by atoms with Crippen LogP contribution in [0.15, 0.2) is 48.7 Å². The quantitative estimate of drug-likeness (QED) is 0.889. The minimum atomic E-state index is -0.369. The summed E-state index contributed by atoms with van der Waals surface area (Å²) in [5.74, 6) is 0. The zero-order valence-corrected chi connectivity index (χ0v) is 10.3. The molecule has 1 aromatic heterocycles. The molecule has 1 heterocycles. The Morgan fingerprint density at radius 2 is 2.17 bits per heavy atom. The van der Waals surface area contributed by atoms with Crippen molar-refractivity contribution in [3.8, 4) is 6.07 Å². The van der Waals surface area contributed by atoms with Crippen molar-refractivity contribution in [2.75, 3.05) is 0 Å². The summed E-state index contributed by atoms with van der Waals surface area (Å²) < 4.78 is 0. The van der Waals surface area contributed by atoms with Gasteiger partial charge in [0.15, 0.2) is 0 Å². The molecule has 0 fully saturated rings. The predicted octanol–water partition coefficient (Wildman–Crippen LogP) is 2.74. The Bertz CT molecular complexity index is 543. The van der Waals surface area contributed by atoms with E-state index in [1.165, 1.54) is 11.1 Å². The van der Waals surface area contributed by atoms with Crippen LogP contribution in [0.1, 0.15) is 22.9 Å². The number of aromatic nitrogens is 1. The molecule has 1 atom stereocenters. The van der Waals surface area contributed by atoms with Gasteiger partial charge in [0, 0.05) is 12.7 Å². The molecule has 3 heteroatoms. The van der Waals surface area contributed by atoms with Crippen LogP contribution in [0.4, 0.5) is 0 Å². The molecule has 0 spiro atoms. The third-order valence-corrected chi connectivity index (χ3v) is 2.71. The van der Waals surface area contributed by atoms with Crippen molar-refractivity contribution in [2.45, 2.75) is 19.5 Å². The van der Waals surface area contributed by atoms with Gasteiger partial charge in [-0.15, -0.1) is 0 Å². The molecule has 0 aliphatic carbocycles. The molecule has 2 rings (SSSR count). The number of hydrogen-bond acceptors (Lipinski definition) is 3. The molecule has 0 bridgehead atoms. The lowest BCUT2D eigenvalue weighted by molar-refractivity contribution is 0.616. The summed E-state index contributed by atoms with van der Waals surface area (Å²) in [6.45, 7) is 2.72. The Morgan fingerprint density at radius 3 is 2.83 bits per heavy atom.